The second kappa shape index (κ2) is 10.6. The number of rotatable bonds is 9. The van der Waals surface area contributed by atoms with Gasteiger partial charge in [-0.25, -0.2) is 9.37 Å². The van der Waals surface area contributed by atoms with Crippen LogP contribution in [-0.2, 0) is 11.8 Å². The first-order valence-corrected chi connectivity index (χ1v) is 9.48. The molecule has 1 amide bonds. The lowest BCUT2D eigenvalue weighted by Crippen LogP contribution is -2.29. The molecule has 33 heavy (non-hydrogen) atoms. The van der Waals surface area contributed by atoms with Crippen molar-refractivity contribution in [1.82, 2.24) is 14.9 Å². The Balaban J connectivity index is 1.84. The number of aromatic nitrogens is 2. The third-order valence-electron chi connectivity index (χ3n) is 4.43. The van der Waals surface area contributed by atoms with Crippen LogP contribution < -0.4 is 14.8 Å². The van der Waals surface area contributed by atoms with Gasteiger partial charge in [0.1, 0.15) is 29.2 Å². The molecule has 1 heterocycles. The van der Waals surface area contributed by atoms with E-state index in [1.807, 2.05) is 0 Å². The zero-order valence-electron chi connectivity index (χ0n) is 17.1. The summed E-state index contributed by atoms with van der Waals surface area (Å²) in [4.78, 5) is 16.8. The zero-order chi connectivity index (χ0) is 24.0. The van der Waals surface area contributed by atoms with Gasteiger partial charge >= 0.3 is 13.2 Å². The van der Waals surface area contributed by atoms with E-state index >= 15 is 0 Å². The Bertz CT molecular complexity index is 1130. The van der Waals surface area contributed by atoms with Gasteiger partial charge in [-0.1, -0.05) is 12.1 Å². The maximum Gasteiger partial charge on any atom is 0.387 e. The van der Waals surface area contributed by atoms with Gasteiger partial charge in [-0.2, -0.15) is 17.6 Å². The highest BCUT2D eigenvalue weighted by Crippen LogP contribution is 2.29. The molecule has 0 aliphatic carbocycles. The van der Waals surface area contributed by atoms with Crippen LogP contribution >= 0.6 is 0 Å². The monoisotopic (exact) mass is 467 g/mol. The van der Waals surface area contributed by atoms with Crippen molar-refractivity contribution in [2.45, 2.75) is 19.3 Å². The molecule has 0 aliphatic rings. The second-order valence-electron chi connectivity index (χ2n) is 6.68. The topological polar surface area (TPSA) is 65.4 Å². The summed E-state index contributed by atoms with van der Waals surface area (Å²) in [6.07, 6.45) is 5.37. The molecule has 3 rings (SSSR count). The van der Waals surface area contributed by atoms with Crippen LogP contribution in [0.25, 0.3) is 6.08 Å². The maximum absolute atomic E-state index is 13.8. The number of benzene rings is 2. The van der Waals surface area contributed by atoms with Gasteiger partial charge in [0.2, 0.25) is 5.91 Å². The lowest BCUT2D eigenvalue weighted by Gasteiger charge is -2.18. The molecule has 174 valence electrons. The Labute approximate surface area is 185 Å². The maximum atomic E-state index is 13.8. The number of carbonyl (C=O) groups is 1. The largest absolute Gasteiger partial charge is 0.435 e. The van der Waals surface area contributed by atoms with Gasteiger partial charge in [-0.15, -0.1) is 0 Å². The Hall–Kier alpha value is -3.89. The zero-order valence-corrected chi connectivity index (χ0v) is 17.1. The number of alkyl halides is 4. The Morgan fingerprint density at radius 3 is 2.48 bits per heavy atom. The van der Waals surface area contributed by atoms with Crippen molar-refractivity contribution in [1.29, 1.82) is 0 Å². The average Bonchev–Trinajstić information content (AvgIpc) is 3.16. The first-order chi connectivity index (χ1) is 15.7. The van der Waals surface area contributed by atoms with Crippen LogP contribution in [0, 0.1) is 5.82 Å². The number of ether oxygens (including phenoxy) is 2. The van der Waals surface area contributed by atoms with E-state index in [-0.39, 0.29) is 11.3 Å². The number of imidazole rings is 1. The fourth-order valence-corrected chi connectivity index (χ4v) is 3.02. The normalized spacial score (nSPS) is 12.4. The van der Waals surface area contributed by atoms with Crippen LogP contribution in [-0.4, -0.2) is 28.7 Å². The van der Waals surface area contributed by atoms with E-state index in [9.17, 15) is 26.7 Å². The van der Waals surface area contributed by atoms with Crippen molar-refractivity contribution in [2.24, 2.45) is 7.05 Å². The number of halogens is 5. The van der Waals surface area contributed by atoms with Crippen molar-refractivity contribution < 1.29 is 36.2 Å². The Morgan fingerprint density at radius 2 is 1.85 bits per heavy atom. The van der Waals surface area contributed by atoms with Crippen molar-refractivity contribution in [3.8, 4) is 11.5 Å². The van der Waals surface area contributed by atoms with Crippen LogP contribution in [0.5, 0.6) is 11.5 Å². The SMILES string of the molecule is Cn1ccnc1C(NC(=O)/C=C/c1ccc(OC(F)F)cc1OC(F)F)c1cccc(F)c1. The Morgan fingerprint density at radius 1 is 1.09 bits per heavy atom. The average molecular weight is 467 g/mol. The van der Waals surface area contributed by atoms with E-state index in [0.29, 0.717) is 11.4 Å². The number of hydrogen-bond acceptors (Lipinski definition) is 4. The van der Waals surface area contributed by atoms with Gasteiger partial charge in [-0.05, 0) is 35.9 Å². The third-order valence-corrected chi connectivity index (χ3v) is 4.43. The summed E-state index contributed by atoms with van der Waals surface area (Å²) in [6.45, 7) is -6.38. The van der Waals surface area contributed by atoms with Gasteiger partial charge in [0.15, 0.2) is 0 Å². The fourth-order valence-electron chi connectivity index (χ4n) is 3.02. The molecule has 0 aliphatic heterocycles. The molecule has 0 saturated heterocycles. The lowest BCUT2D eigenvalue weighted by atomic mass is 10.1. The molecule has 1 atom stereocenters. The first-order valence-electron chi connectivity index (χ1n) is 9.48. The highest BCUT2D eigenvalue weighted by atomic mass is 19.3. The summed E-state index contributed by atoms with van der Waals surface area (Å²) in [6, 6.07) is 7.96. The summed E-state index contributed by atoms with van der Waals surface area (Å²) < 4.78 is 74.2. The number of amides is 1. The van der Waals surface area contributed by atoms with Crippen LogP contribution in [0.15, 0.2) is 60.9 Å². The van der Waals surface area contributed by atoms with Crippen LogP contribution in [0.1, 0.15) is 23.0 Å². The van der Waals surface area contributed by atoms with Crippen molar-refractivity contribution in [3.05, 3.63) is 83.7 Å². The highest BCUT2D eigenvalue weighted by Gasteiger charge is 2.20. The highest BCUT2D eigenvalue weighted by molar-refractivity contribution is 5.92. The predicted molar refractivity (Wildman–Crippen MR) is 108 cm³/mol. The quantitative estimate of drug-likeness (QED) is 0.367. The minimum absolute atomic E-state index is 0.0198. The van der Waals surface area contributed by atoms with Gasteiger partial charge < -0.3 is 19.4 Å². The number of carbonyl (C=O) groups excluding carboxylic acids is 1. The predicted octanol–water partition coefficient (Wildman–Crippen LogP) is 4.68. The number of hydrogen-bond donors (Lipinski definition) is 1. The molecular weight excluding hydrogens is 449 g/mol. The second-order valence-corrected chi connectivity index (χ2v) is 6.68. The van der Waals surface area contributed by atoms with Crippen molar-refractivity contribution in [2.75, 3.05) is 0 Å². The molecule has 0 bridgehead atoms. The molecular formula is C22H18F5N3O3. The van der Waals surface area contributed by atoms with E-state index in [2.05, 4.69) is 19.8 Å². The minimum atomic E-state index is -3.23. The summed E-state index contributed by atoms with van der Waals surface area (Å²) in [7, 11) is 1.70. The standard InChI is InChI=1S/C22H18F5N3O3/c1-30-10-9-28-20(30)19(14-3-2-4-15(23)11-14)29-18(31)8-6-13-5-7-16(32-21(24)25)12-17(13)33-22(26)27/h2-12,19,21-22H,1H3,(H,29,31)/b8-6+. The van der Waals surface area contributed by atoms with E-state index in [0.717, 1.165) is 18.2 Å². The molecule has 1 aromatic heterocycles. The molecule has 0 spiro atoms. The smallest absolute Gasteiger partial charge is 0.387 e. The molecule has 1 N–H and O–H groups in total. The molecule has 6 nitrogen and oxygen atoms in total. The molecule has 3 aromatic rings. The summed E-state index contributed by atoms with van der Waals surface area (Å²) >= 11 is 0. The van der Waals surface area contributed by atoms with Crippen LogP contribution in [0.2, 0.25) is 0 Å². The van der Waals surface area contributed by atoms with Crippen LogP contribution in [0.3, 0.4) is 0 Å². The van der Waals surface area contributed by atoms with E-state index < -0.39 is 36.7 Å². The fraction of sp³-hybridized carbons (Fsp3) is 0.182. The Kier molecular flexibility index (Phi) is 7.65. The van der Waals surface area contributed by atoms with Gasteiger partial charge in [0, 0.05) is 37.1 Å². The van der Waals surface area contributed by atoms with E-state index in [1.165, 1.54) is 36.5 Å². The van der Waals surface area contributed by atoms with Gasteiger partial charge in [0.05, 0.1) is 0 Å². The molecule has 2 aromatic carbocycles. The third kappa shape index (κ3) is 6.55. The molecule has 0 fully saturated rings. The number of aryl methyl sites for hydroxylation is 1. The molecule has 0 radical (unpaired) electrons. The van der Waals surface area contributed by atoms with Gasteiger partial charge in [0.25, 0.3) is 0 Å². The molecule has 11 heteroatoms. The summed E-state index contributed by atoms with van der Waals surface area (Å²) in [5, 5.41) is 2.68. The van der Waals surface area contributed by atoms with Gasteiger partial charge in [-0.3, -0.25) is 4.79 Å². The van der Waals surface area contributed by atoms with Crippen LogP contribution in [0.4, 0.5) is 22.0 Å². The molecule has 0 saturated carbocycles. The van der Waals surface area contributed by atoms with E-state index in [4.69, 9.17) is 0 Å². The molecule has 1 unspecified atom stereocenters. The van der Waals surface area contributed by atoms with Crippen molar-refractivity contribution >= 4 is 12.0 Å². The van der Waals surface area contributed by atoms with E-state index in [1.54, 1.807) is 23.9 Å². The first kappa shape index (κ1) is 23.8. The van der Waals surface area contributed by atoms with Crippen molar-refractivity contribution in [3.63, 3.8) is 0 Å². The minimum Gasteiger partial charge on any atom is -0.435 e. The summed E-state index contributed by atoms with van der Waals surface area (Å²) in [5.41, 5.74) is 0.452. The lowest BCUT2D eigenvalue weighted by molar-refractivity contribution is -0.117. The summed E-state index contributed by atoms with van der Waals surface area (Å²) in [5.74, 6) is -1.57. The number of nitrogens with zero attached hydrogens (tertiary/aromatic N) is 2. The number of nitrogens with one attached hydrogen (secondary N) is 1.